The van der Waals surface area contributed by atoms with E-state index in [9.17, 15) is 0 Å². The highest BCUT2D eigenvalue weighted by Crippen LogP contribution is 2.18. The van der Waals surface area contributed by atoms with Crippen molar-refractivity contribution in [2.45, 2.75) is 25.8 Å². The molecule has 3 aromatic rings. The molecule has 0 saturated heterocycles. The molecule has 0 amide bonds. The Hall–Kier alpha value is -1.87. The first kappa shape index (κ1) is 21.4. The van der Waals surface area contributed by atoms with Crippen LogP contribution in [0.4, 0.5) is 0 Å². The summed E-state index contributed by atoms with van der Waals surface area (Å²) >= 11 is 1.74. The molecule has 7 heteroatoms. The van der Waals surface area contributed by atoms with Gasteiger partial charge in [0.05, 0.1) is 11.7 Å². The van der Waals surface area contributed by atoms with Crippen LogP contribution >= 0.6 is 35.3 Å². The molecule has 2 aromatic heterocycles. The summed E-state index contributed by atoms with van der Waals surface area (Å²) in [5, 5.41) is 15.5. The summed E-state index contributed by atoms with van der Waals surface area (Å²) in [5.74, 6) is 1.25. The van der Waals surface area contributed by atoms with E-state index in [4.69, 9.17) is 0 Å². The lowest BCUT2D eigenvalue weighted by Gasteiger charge is -2.20. The minimum absolute atomic E-state index is 0. The van der Waals surface area contributed by atoms with Gasteiger partial charge in [0.25, 0.3) is 0 Å². The predicted octanol–water partition coefficient (Wildman–Crippen LogP) is 4.58. The summed E-state index contributed by atoms with van der Waals surface area (Å²) < 4.78 is 1.87. The average Bonchev–Trinajstić information content (AvgIpc) is 3.38. The second-order valence-corrected chi connectivity index (χ2v) is 7.10. The number of nitrogens with zero attached hydrogens (tertiary/aromatic N) is 3. The Morgan fingerprint density at radius 1 is 1.22 bits per heavy atom. The highest BCUT2D eigenvalue weighted by atomic mass is 127. The second kappa shape index (κ2) is 10.5. The molecule has 0 fully saturated rings. The van der Waals surface area contributed by atoms with Crippen molar-refractivity contribution >= 4 is 41.3 Å². The van der Waals surface area contributed by atoms with E-state index in [1.807, 2.05) is 16.9 Å². The van der Waals surface area contributed by atoms with E-state index in [0.717, 1.165) is 18.2 Å². The molecule has 144 valence electrons. The molecule has 27 heavy (non-hydrogen) atoms. The van der Waals surface area contributed by atoms with Crippen molar-refractivity contribution in [1.82, 2.24) is 20.4 Å². The van der Waals surface area contributed by atoms with Crippen molar-refractivity contribution in [1.29, 1.82) is 0 Å². The van der Waals surface area contributed by atoms with Gasteiger partial charge in [0.2, 0.25) is 0 Å². The average molecular weight is 495 g/mol. The molecule has 0 aliphatic heterocycles. The minimum Gasteiger partial charge on any atom is -0.356 e. The monoisotopic (exact) mass is 495 g/mol. The Kier molecular flexibility index (Phi) is 8.30. The molecule has 0 bridgehead atoms. The summed E-state index contributed by atoms with van der Waals surface area (Å²) in [4.78, 5) is 4.36. The number of thiophene rings is 1. The Labute approximate surface area is 181 Å². The lowest BCUT2D eigenvalue weighted by atomic mass is 10.1. The highest BCUT2D eigenvalue weighted by molar-refractivity contribution is 14.0. The van der Waals surface area contributed by atoms with E-state index < -0.39 is 0 Å². The van der Waals surface area contributed by atoms with Gasteiger partial charge in [-0.3, -0.25) is 4.99 Å². The molecule has 0 spiro atoms. The summed E-state index contributed by atoms with van der Waals surface area (Å²) in [6, 6.07) is 12.6. The Balaban J connectivity index is 0.00000261. The Bertz CT molecular complexity index is 830. The maximum absolute atomic E-state index is 4.36. The summed E-state index contributed by atoms with van der Waals surface area (Å²) in [6.07, 6.45) is 3.73. The van der Waals surface area contributed by atoms with Crippen molar-refractivity contribution in [3.05, 3.63) is 70.7 Å². The lowest BCUT2D eigenvalue weighted by Crippen LogP contribution is -2.40. The molecular weight excluding hydrogens is 469 g/mol. The SMILES string of the molecule is CN=C(NCC(C)c1ccsc1)NC(C)c1cccc(-n2cccn2)c1.I. The van der Waals surface area contributed by atoms with Crippen LogP contribution in [0, 0.1) is 0 Å². The van der Waals surface area contributed by atoms with Gasteiger partial charge in [-0.25, -0.2) is 4.68 Å². The number of hydrogen-bond acceptors (Lipinski definition) is 3. The molecule has 1 aromatic carbocycles. The number of halogens is 1. The predicted molar refractivity (Wildman–Crippen MR) is 125 cm³/mol. The number of guanidine groups is 1. The van der Waals surface area contributed by atoms with Crippen molar-refractivity contribution in [2.24, 2.45) is 4.99 Å². The van der Waals surface area contributed by atoms with Gasteiger partial charge in [-0.15, -0.1) is 24.0 Å². The van der Waals surface area contributed by atoms with E-state index in [-0.39, 0.29) is 30.0 Å². The van der Waals surface area contributed by atoms with E-state index in [1.165, 1.54) is 11.1 Å². The third-order valence-electron chi connectivity index (χ3n) is 4.40. The van der Waals surface area contributed by atoms with Crippen LogP contribution in [0.3, 0.4) is 0 Å². The first-order valence-electron chi connectivity index (χ1n) is 8.76. The van der Waals surface area contributed by atoms with E-state index in [0.29, 0.717) is 5.92 Å². The number of benzene rings is 1. The zero-order valence-corrected chi connectivity index (χ0v) is 18.9. The van der Waals surface area contributed by atoms with Crippen LogP contribution in [0.2, 0.25) is 0 Å². The van der Waals surface area contributed by atoms with E-state index in [1.54, 1.807) is 24.6 Å². The number of aromatic nitrogens is 2. The van der Waals surface area contributed by atoms with E-state index in [2.05, 4.69) is 75.7 Å². The second-order valence-electron chi connectivity index (χ2n) is 6.32. The fraction of sp³-hybridized carbons (Fsp3) is 0.300. The van der Waals surface area contributed by atoms with Crippen LogP contribution in [0.15, 0.2) is 64.5 Å². The van der Waals surface area contributed by atoms with Gasteiger partial charge >= 0.3 is 0 Å². The van der Waals surface area contributed by atoms with Crippen LogP contribution in [0.25, 0.3) is 5.69 Å². The normalized spacial score (nSPS) is 13.5. The van der Waals surface area contributed by atoms with Gasteiger partial charge < -0.3 is 10.6 Å². The number of hydrogen-bond donors (Lipinski definition) is 2. The first-order chi connectivity index (χ1) is 12.7. The molecule has 0 aliphatic carbocycles. The van der Waals surface area contributed by atoms with Gasteiger partial charge in [0.1, 0.15) is 0 Å². The van der Waals surface area contributed by atoms with Crippen LogP contribution in [-0.4, -0.2) is 29.3 Å². The standard InChI is InChI=1S/C20H25N5S.HI/c1-15(18-8-11-26-14-18)13-22-20(21-3)24-16(2)17-6-4-7-19(12-17)25-10-5-9-23-25;/h4-12,14-16H,13H2,1-3H3,(H2,21,22,24);1H. The molecule has 2 heterocycles. The summed E-state index contributed by atoms with van der Waals surface area (Å²) in [7, 11) is 1.80. The van der Waals surface area contributed by atoms with Crippen molar-refractivity contribution in [3.63, 3.8) is 0 Å². The molecule has 0 radical (unpaired) electrons. The number of rotatable bonds is 6. The molecule has 0 aliphatic rings. The number of aliphatic imine (C=N–C) groups is 1. The summed E-state index contributed by atoms with van der Waals surface area (Å²) in [5.41, 5.74) is 3.60. The van der Waals surface area contributed by atoms with Crippen LogP contribution in [0.5, 0.6) is 0 Å². The molecular formula is C20H26IN5S. The lowest BCUT2D eigenvalue weighted by molar-refractivity contribution is 0.658. The third-order valence-corrected chi connectivity index (χ3v) is 5.11. The zero-order chi connectivity index (χ0) is 18.4. The van der Waals surface area contributed by atoms with Gasteiger partial charge in [-0.05, 0) is 59.0 Å². The third kappa shape index (κ3) is 5.80. The summed E-state index contributed by atoms with van der Waals surface area (Å²) in [6.45, 7) is 5.20. The molecule has 2 N–H and O–H groups in total. The van der Waals surface area contributed by atoms with Gasteiger partial charge in [0.15, 0.2) is 5.96 Å². The molecule has 5 nitrogen and oxygen atoms in total. The highest BCUT2D eigenvalue weighted by Gasteiger charge is 2.11. The first-order valence-corrected chi connectivity index (χ1v) is 9.71. The smallest absolute Gasteiger partial charge is 0.191 e. The van der Waals surface area contributed by atoms with Crippen LogP contribution in [0.1, 0.15) is 36.9 Å². The van der Waals surface area contributed by atoms with Gasteiger partial charge in [-0.1, -0.05) is 19.1 Å². The molecule has 0 saturated carbocycles. The minimum atomic E-state index is 0. The topological polar surface area (TPSA) is 54.2 Å². The van der Waals surface area contributed by atoms with Crippen LogP contribution in [-0.2, 0) is 0 Å². The van der Waals surface area contributed by atoms with Crippen molar-refractivity contribution < 1.29 is 0 Å². The van der Waals surface area contributed by atoms with E-state index >= 15 is 0 Å². The van der Waals surface area contributed by atoms with Crippen molar-refractivity contribution in [3.8, 4) is 5.69 Å². The molecule has 2 unspecified atom stereocenters. The Morgan fingerprint density at radius 3 is 2.74 bits per heavy atom. The van der Waals surface area contributed by atoms with Crippen LogP contribution < -0.4 is 10.6 Å². The molecule has 2 atom stereocenters. The van der Waals surface area contributed by atoms with Crippen molar-refractivity contribution in [2.75, 3.05) is 13.6 Å². The Morgan fingerprint density at radius 2 is 2.07 bits per heavy atom. The van der Waals surface area contributed by atoms with Gasteiger partial charge in [0, 0.05) is 26.0 Å². The maximum Gasteiger partial charge on any atom is 0.191 e. The zero-order valence-electron chi connectivity index (χ0n) is 15.8. The fourth-order valence-corrected chi connectivity index (χ4v) is 3.55. The van der Waals surface area contributed by atoms with Gasteiger partial charge in [-0.2, -0.15) is 16.4 Å². The largest absolute Gasteiger partial charge is 0.356 e. The quantitative estimate of drug-likeness (QED) is 0.299. The number of nitrogens with one attached hydrogen (secondary N) is 2. The fourth-order valence-electron chi connectivity index (χ4n) is 2.76. The molecule has 3 rings (SSSR count). The maximum atomic E-state index is 4.36.